The van der Waals surface area contributed by atoms with E-state index in [0.717, 1.165) is 40.2 Å². The molecule has 3 N–H and O–H groups in total. The third kappa shape index (κ3) is 3.87. The molecule has 0 bridgehead atoms. The molecule has 0 atom stereocenters. The number of anilines is 1. The molecule has 3 heterocycles. The number of primary amides is 1. The molecule has 1 aliphatic rings. The van der Waals surface area contributed by atoms with Crippen LogP contribution in [-0.4, -0.2) is 26.9 Å². The molecule has 8 heteroatoms. The smallest absolute Gasteiger partial charge is 0.250 e. The van der Waals surface area contributed by atoms with Crippen LogP contribution in [0, 0.1) is 0 Å². The van der Waals surface area contributed by atoms with Crippen LogP contribution < -0.4 is 11.1 Å². The number of carbonyl (C=O) groups excluding carboxylic acids is 1. The van der Waals surface area contributed by atoms with Gasteiger partial charge in [-0.2, -0.15) is 4.37 Å². The maximum atomic E-state index is 11.8. The van der Waals surface area contributed by atoms with Gasteiger partial charge in [-0.25, -0.2) is 9.97 Å². The quantitative estimate of drug-likeness (QED) is 0.496. The van der Waals surface area contributed by atoms with E-state index >= 15 is 0 Å². The first kappa shape index (κ1) is 19.6. The van der Waals surface area contributed by atoms with Crippen LogP contribution in [0.3, 0.4) is 0 Å². The number of carbonyl (C=O) groups is 1. The number of hydrogen-bond donors (Lipinski definition) is 2. The molecule has 2 aromatic carbocycles. The van der Waals surface area contributed by atoms with E-state index in [2.05, 4.69) is 21.8 Å². The Labute approximate surface area is 183 Å². The Hall–Kier alpha value is -3.36. The normalized spacial score (nSPS) is 13.5. The van der Waals surface area contributed by atoms with Gasteiger partial charge in [-0.15, -0.1) is 0 Å². The lowest BCUT2D eigenvalue weighted by Gasteiger charge is -2.14. The SMILES string of the molecule is NC(=O)c1cccc2c(-c3nc4c(c(NCc5ccccc5)n3)COCCC4)snc12. The lowest BCUT2D eigenvalue weighted by molar-refractivity contribution is 0.100. The summed E-state index contributed by atoms with van der Waals surface area (Å²) in [5.41, 5.74) is 9.69. The molecule has 0 unspecified atom stereocenters. The molecule has 0 aliphatic carbocycles. The summed E-state index contributed by atoms with van der Waals surface area (Å²) >= 11 is 1.28. The summed E-state index contributed by atoms with van der Waals surface area (Å²) in [4.78, 5) is 22.4. The average molecular weight is 432 g/mol. The zero-order valence-electron chi connectivity index (χ0n) is 16.8. The Morgan fingerprint density at radius 2 is 2.00 bits per heavy atom. The van der Waals surface area contributed by atoms with Crippen molar-refractivity contribution in [2.45, 2.75) is 26.0 Å². The Morgan fingerprint density at radius 1 is 1.13 bits per heavy atom. The van der Waals surface area contributed by atoms with Crippen molar-refractivity contribution in [2.24, 2.45) is 5.73 Å². The largest absolute Gasteiger partial charge is 0.377 e. The fraction of sp³-hybridized carbons (Fsp3) is 0.217. The summed E-state index contributed by atoms with van der Waals surface area (Å²) in [7, 11) is 0. The summed E-state index contributed by atoms with van der Waals surface area (Å²) in [5, 5.41) is 4.31. The zero-order valence-corrected chi connectivity index (χ0v) is 17.6. The third-order valence-corrected chi connectivity index (χ3v) is 6.18. The molecule has 4 aromatic rings. The lowest BCUT2D eigenvalue weighted by atomic mass is 10.1. The van der Waals surface area contributed by atoms with Crippen LogP contribution in [0.25, 0.3) is 21.6 Å². The van der Waals surface area contributed by atoms with Gasteiger partial charge in [0, 0.05) is 24.1 Å². The summed E-state index contributed by atoms with van der Waals surface area (Å²) < 4.78 is 10.3. The molecule has 2 aromatic heterocycles. The first-order chi connectivity index (χ1) is 15.2. The van der Waals surface area contributed by atoms with E-state index in [4.69, 9.17) is 20.4 Å². The van der Waals surface area contributed by atoms with Crippen molar-refractivity contribution in [3.63, 3.8) is 0 Å². The minimum atomic E-state index is -0.493. The molecule has 5 rings (SSSR count). The van der Waals surface area contributed by atoms with Gasteiger partial charge in [0.25, 0.3) is 5.91 Å². The predicted molar refractivity (Wildman–Crippen MR) is 121 cm³/mol. The molecule has 0 fully saturated rings. The van der Waals surface area contributed by atoms with Gasteiger partial charge in [-0.05, 0) is 36.0 Å². The van der Waals surface area contributed by atoms with Crippen LogP contribution in [0.1, 0.15) is 33.6 Å². The molecule has 7 nitrogen and oxygen atoms in total. The number of hydrogen-bond acceptors (Lipinski definition) is 7. The highest BCUT2D eigenvalue weighted by molar-refractivity contribution is 7.11. The Morgan fingerprint density at radius 3 is 2.84 bits per heavy atom. The second-order valence-electron chi connectivity index (χ2n) is 7.39. The number of aromatic nitrogens is 3. The summed E-state index contributed by atoms with van der Waals surface area (Å²) in [6, 6.07) is 15.6. The van der Waals surface area contributed by atoms with Gasteiger partial charge in [0.1, 0.15) is 10.7 Å². The lowest BCUT2D eigenvalue weighted by Crippen LogP contribution is -2.11. The highest BCUT2D eigenvalue weighted by Gasteiger charge is 2.21. The number of fused-ring (bicyclic) bond motifs is 2. The van der Waals surface area contributed by atoms with Crippen LogP contribution in [0.2, 0.25) is 0 Å². The molecule has 0 saturated carbocycles. The minimum Gasteiger partial charge on any atom is -0.377 e. The number of amides is 1. The van der Waals surface area contributed by atoms with Gasteiger partial charge in [0.2, 0.25) is 0 Å². The van der Waals surface area contributed by atoms with E-state index in [1.165, 1.54) is 17.1 Å². The number of nitrogens with zero attached hydrogens (tertiary/aromatic N) is 3. The second-order valence-corrected chi connectivity index (χ2v) is 8.17. The number of nitrogens with one attached hydrogen (secondary N) is 1. The van der Waals surface area contributed by atoms with Crippen molar-refractivity contribution in [2.75, 3.05) is 11.9 Å². The number of ether oxygens (including phenoxy) is 1. The van der Waals surface area contributed by atoms with Gasteiger partial charge in [-0.1, -0.05) is 42.5 Å². The predicted octanol–water partition coefficient (Wildman–Crippen LogP) is 3.93. The fourth-order valence-electron chi connectivity index (χ4n) is 3.76. The van der Waals surface area contributed by atoms with Crippen molar-refractivity contribution in [3.05, 3.63) is 70.9 Å². The van der Waals surface area contributed by atoms with Crippen molar-refractivity contribution >= 4 is 34.2 Å². The Balaban J connectivity index is 1.59. The van der Waals surface area contributed by atoms with Crippen molar-refractivity contribution in [3.8, 4) is 10.7 Å². The number of nitrogens with two attached hydrogens (primary N) is 1. The Kier molecular flexibility index (Phi) is 5.31. The monoisotopic (exact) mass is 431 g/mol. The topological polar surface area (TPSA) is 103 Å². The molecular formula is C23H21N5O2S. The van der Waals surface area contributed by atoms with Gasteiger partial charge in [0.15, 0.2) is 5.82 Å². The summed E-state index contributed by atoms with van der Waals surface area (Å²) in [6.45, 7) is 1.84. The fourth-order valence-corrected chi connectivity index (χ4v) is 4.58. The van der Waals surface area contributed by atoms with Crippen molar-refractivity contribution in [1.82, 2.24) is 14.3 Å². The van der Waals surface area contributed by atoms with Crippen molar-refractivity contribution < 1.29 is 9.53 Å². The van der Waals surface area contributed by atoms with E-state index < -0.39 is 5.91 Å². The number of benzene rings is 2. The van der Waals surface area contributed by atoms with Crippen LogP contribution in [0.5, 0.6) is 0 Å². The first-order valence-electron chi connectivity index (χ1n) is 10.1. The second kappa shape index (κ2) is 8.41. The molecular weight excluding hydrogens is 410 g/mol. The zero-order chi connectivity index (χ0) is 21.2. The highest BCUT2D eigenvalue weighted by Crippen LogP contribution is 2.34. The Bertz CT molecular complexity index is 1260. The van der Waals surface area contributed by atoms with Gasteiger partial charge in [-0.3, -0.25) is 4.79 Å². The van der Waals surface area contributed by atoms with Crippen LogP contribution in [-0.2, 0) is 24.3 Å². The van der Waals surface area contributed by atoms with E-state index in [1.807, 2.05) is 30.3 Å². The van der Waals surface area contributed by atoms with Gasteiger partial charge >= 0.3 is 0 Å². The molecule has 0 spiro atoms. The average Bonchev–Trinajstić information content (AvgIpc) is 3.08. The molecule has 1 amide bonds. The molecule has 31 heavy (non-hydrogen) atoms. The standard InChI is InChI=1S/C23H21N5O2S/c24-21(29)16-9-4-8-15-19(16)28-31-20(15)23-26-18-10-5-11-30-13-17(18)22(27-23)25-12-14-6-2-1-3-7-14/h1-4,6-9H,5,10-13H2,(H2,24,29)(H,25,26,27). The summed E-state index contributed by atoms with van der Waals surface area (Å²) in [6.07, 6.45) is 1.74. The van der Waals surface area contributed by atoms with Crippen LogP contribution >= 0.6 is 11.5 Å². The highest BCUT2D eigenvalue weighted by atomic mass is 32.1. The van der Waals surface area contributed by atoms with Gasteiger partial charge in [0.05, 0.1) is 23.4 Å². The minimum absolute atomic E-state index is 0.408. The molecule has 156 valence electrons. The van der Waals surface area contributed by atoms with Gasteiger partial charge < -0.3 is 15.8 Å². The maximum Gasteiger partial charge on any atom is 0.250 e. The molecule has 1 aliphatic heterocycles. The van der Waals surface area contributed by atoms with Crippen LogP contribution in [0.15, 0.2) is 48.5 Å². The van der Waals surface area contributed by atoms with E-state index in [0.29, 0.717) is 36.7 Å². The molecule has 0 saturated heterocycles. The van der Waals surface area contributed by atoms with Crippen LogP contribution in [0.4, 0.5) is 5.82 Å². The first-order valence-corrected chi connectivity index (χ1v) is 10.9. The summed E-state index contributed by atoms with van der Waals surface area (Å²) in [5.74, 6) is 0.886. The maximum absolute atomic E-state index is 11.8. The van der Waals surface area contributed by atoms with E-state index in [-0.39, 0.29) is 0 Å². The van der Waals surface area contributed by atoms with E-state index in [9.17, 15) is 4.79 Å². The van der Waals surface area contributed by atoms with E-state index in [1.54, 1.807) is 6.07 Å². The van der Waals surface area contributed by atoms with Crippen molar-refractivity contribution in [1.29, 1.82) is 0 Å². The number of aryl methyl sites for hydroxylation is 1. The number of rotatable bonds is 5. The third-order valence-electron chi connectivity index (χ3n) is 5.32. The molecule has 0 radical (unpaired) electrons.